The molecule has 1 N–H and O–H groups in total. The van der Waals surface area contributed by atoms with Crippen LogP contribution in [0.25, 0.3) is 10.9 Å². The quantitative estimate of drug-likeness (QED) is 0.745. The molecular weight excluding hydrogens is 396 g/mol. The summed E-state index contributed by atoms with van der Waals surface area (Å²) in [6, 6.07) is 6.29. The Kier molecular flexibility index (Phi) is 5.49. The van der Waals surface area contributed by atoms with Gasteiger partial charge in [0.05, 0.1) is 17.1 Å². The maximum absolute atomic E-state index is 12.3. The zero-order valence-corrected chi connectivity index (χ0v) is 18.6. The first-order chi connectivity index (χ1) is 14.6. The van der Waals surface area contributed by atoms with Gasteiger partial charge in [0.25, 0.3) is 0 Å². The molecule has 2 aliphatic heterocycles. The van der Waals surface area contributed by atoms with Gasteiger partial charge >= 0.3 is 6.09 Å². The third-order valence-electron chi connectivity index (χ3n) is 6.09. The van der Waals surface area contributed by atoms with E-state index in [2.05, 4.69) is 22.5 Å². The van der Waals surface area contributed by atoms with E-state index in [9.17, 15) is 14.4 Å². The van der Waals surface area contributed by atoms with Gasteiger partial charge in [0.1, 0.15) is 5.60 Å². The average molecular weight is 427 g/mol. The van der Waals surface area contributed by atoms with Gasteiger partial charge in [-0.2, -0.15) is 5.10 Å². The summed E-state index contributed by atoms with van der Waals surface area (Å²) in [6.07, 6.45) is 2.33. The Bertz CT molecular complexity index is 1030. The zero-order chi connectivity index (χ0) is 22.3. The van der Waals surface area contributed by atoms with Gasteiger partial charge < -0.3 is 9.64 Å². The fourth-order valence-corrected chi connectivity index (χ4v) is 4.49. The van der Waals surface area contributed by atoms with Crippen molar-refractivity contribution in [1.82, 2.24) is 20.0 Å². The number of imide groups is 1. The number of amides is 3. The second-order valence-electron chi connectivity index (χ2n) is 9.53. The maximum atomic E-state index is 12.3. The van der Waals surface area contributed by atoms with E-state index in [1.807, 2.05) is 38.6 Å². The van der Waals surface area contributed by atoms with Crippen LogP contribution in [-0.2, 0) is 21.4 Å². The van der Waals surface area contributed by atoms with Crippen molar-refractivity contribution in [3.05, 3.63) is 29.5 Å². The molecule has 2 saturated heterocycles. The molecule has 2 aliphatic rings. The highest BCUT2D eigenvalue weighted by molar-refractivity contribution is 6.02. The van der Waals surface area contributed by atoms with Crippen LogP contribution in [0, 0.1) is 0 Å². The minimum Gasteiger partial charge on any atom is -0.444 e. The summed E-state index contributed by atoms with van der Waals surface area (Å²) >= 11 is 0. The third kappa shape index (κ3) is 4.43. The number of rotatable bonds is 2. The van der Waals surface area contributed by atoms with Crippen LogP contribution in [0.15, 0.2) is 18.2 Å². The lowest BCUT2D eigenvalue weighted by molar-refractivity contribution is -0.134. The molecule has 0 radical (unpaired) electrons. The minimum atomic E-state index is -0.487. The number of nitrogens with one attached hydrogen (secondary N) is 1. The van der Waals surface area contributed by atoms with Crippen molar-refractivity contribution < 1.29 is 19.1 Å². The minimum absolute atomic E-state index is 0.221. The molecule has 1 aromatic heterocycles. The smallest absolute Gasteiger partial charge is 0.410 e. The van der Waals surface area contributed by atoms with E-state index < -0.39 is 11.5 Å². The number of carbonyl (C=O) groups is 3. The predicted molar refractivity (Wildman–Crippen MR) is 116 cm³/mol. The highest BCUT2D eigenvalue weighted by atomic mass is 16.6. The second kappa shape index (κ2) is 7.98. The number of aromatic nitrogens is 2. The van der Waals surface area contributed by atoms with Crippen LogP contribution in [0.5, 0.6) is 0 Å². The van der Waals surface area contributed by atoms with Gasteiger partial charge in [-0.25, -0.2) is 4.79 Å². The van der Waals surface area contributed by atoms with Gasteiger partial charge in [-0.15, -0.1) is 0 Å². The summed E-state index contributed by atoms with van der Waals surface area (Å²) < 4.78 is 7.30. The largest absolute Gasteiger partial charge is 0.444 e. The van der Waals surface area contributed by atoms with E-state index in [4.69, 9.17) is 4.74 Å². The standard InChI is InChI=1S/C23H30N4O4/c1-23(2,3)31-22(30)27-11-9-14(10-12-27)15-5-6-16-18(13-15)26(4)25-20(16)17-7-8-19(28)24-21(17)29/h5-6,13-14,17H,7-12H2,1-4H3,(H,24,28,29). The Balaban J connectivity index is 1.49. The van der Waals surface area contributed by atoms with Gasteiger partial charge in [-0.1, -0.05) is 12.1 Å². The second-order valence-corrected chi connectivity index (χ2v) is 9.53. The van der Waals surface area contributed by atoms with Crippen molar-refractivity contribution in [1.29, 1.82) is 0 Å². The van der Waals surface area contributed by atoms with E-state index in [-0.39, 0.29) is 17.9 Å². The molecular formula is C23H30N4O4. The number of likely N-dealkylation sites (tertiary alicyclic amines) is 1. The number of benzene rings is 1. The number of carbonyl (C=O) groups excluding carboxylic acids is 3. The number of hydrogen-bond donors (Lipinski definition) is 1. The van der Waals surface area contributed by atoms with Crippen molar-refractivity contribution in [3.63, 3.8) is 0 Å². The molecule has 31 heavy (non-hydrogen) atoms. The van der Waals surface area contributed by atoms with E-state index in [0.29, 0.717) is 31.8 Å². The predicted octanol–water partition coefficient (Wildman–Crippen LogP) is 3.21. The van der Waals surface area contributed by atoms with Crippen molar-refractivity contribution in [2.24, 2.45) is 7.05 Å². The van der Waals surface area contributed by atoms with Gasteiger partial charge in [0.2, 0.25) is 11.8 Å². The van der Waals surface area contributed by atoms with Crippen LogP contribution in [0.2, 0.25) is 0 Å². The number of aryl methyl sites for hydroxylation is 1. The highest BCUT2D eigenvalue weighted by Gasteiger charge is 2.32. The van der Waals surface area contributed by atoms with E-state index in [1.54, 1.807) is 4.90 Å². The first-order valence-corrected chi connectivity index (χ1v) is 10.9. The molecule has 3 heterocycles. The van der Waals surface area contributed by atoms with Gasteiger partial charge in [-0.05, 0) is 57.6 Å². The molecule has 2 aromatic rings. The zero-order valence-electron chi connectivity index (χ0n) is 18.6. The van der Waals surface area contributed by atoms with Crippen LogP contribution in [0.3, 0.4) is 0 Å². The van der Waals surface area contributed by atoms with Crippen molar-refractivity contribution in [3.8, 4) is 0 Å². The Morgan fingerprint density at radius 1 is 1.16 bits per heavy atom. The fraction of sp³-hybridized carbons (Fsp3) is 0.565. The topological polar surface area (TPSA) is 93.5 Å². The molecule has 8 nitrogen and oxygen atoms in total. The number of hydrogen-bond acceptors (Lipinski definition) is 5. The number of fused-ring (bicyclic) bond motifs is 1. The van der Waals surface area contributed by atoms with Crippen LogP contribution in [0.4, 0.5) is 4.79 Å². The van der Waals surface area contributed by atoms with E-state index in [0.717, 1.165) is 29.4 Å². The Morgan fingerprint density at radius 3 is 2.52 bits per heavy atom. The van der Waals surface area contributed by atoms with Gasteiger partial charge in [0, 0.05) is 31.9 Å². The highest BCUT2D eigenvalue weighted by Crippen LogP contribution is 2.34. The molecule has 0 spiro atoms. The number of ether oxygens (including phenoxy) is 1. The van der Waals surface area contributed by atoms with Gasteiger partial charge in [-0.3, -0.25) is 19.6 Å². The molecule has 0 aliphatic carbocycles. The molecule has 2 fully saturated rings. The van der Waals surface area contributed by atoms with Crippen LogP contribution >= 0.6 is 0 Å². The SMILES string of the molecule is Cn1nc(C2CCC(=O)NC2=O)c2ccc(C3CCN(C(=O)OC(C)(C)C)CC3)cc21. The lowest BCUT2D eigenvalue weighted by Gasteiger charge is -2.33. The Hall–Kier alpha value is -2.90. The first kappa shape index (κ1) is 21.3. The number of piperidine rings is 2. The number of nitrogens with zero attached hydrogens (tertiary/aromatic N) is 3. The normalized spacial score (nSPS) is 20.8. The first-order valence-electron chi connectivity index (χ1n) is 10.9. The fourth-order valence-electron chi connectivity index (χ4n) is 4.49. The van der Waals surface area contributed by atoms with Crippen molar-refractivity contribution in [2.75, 3.05) is 13.1 Å². The molecule has 0 bridgehead atoms. The summed E-state index contributed by atoms with van der Waals surface area (Å²) in [5.41, 5.74) is 2.44. The van der Waals surface area contributed by atoms with Gasteiger partial charge in [0.15, 0.2) is 0 Å². The molecule has 4 rings (SSSR count). The lowest BCUT2D eigenvalue weighted by atomic mass is 9.88. The van der Waals surface area contributed by atoms with Crippen LogP contribution in [0.1, 0.15) is 69.5 Å². The van der Waals surface area contributed by atoms with Crippen LogP contribution < -0.4 is 5.32 Å². The molecule has 1 aromatic carbocycles. The Morgan fingerprint density at radius 2 is 1.87 bits per heavy atom. The summed E-state index contributed by atoms with van der Waals surface area (Å²) in [5, 5.41) is 7.99. The summed E-state index contributed by atoms with van der Waals surface area (Å²) in [7, 11) is 1.88. The molecule has 1 atom stereocenters. The van der Waals surface area contributed by atoms with E-state index in [1.165, 1.54) is 5.56 Å². The molecule has 166 valence electrons. The summed E-state index contributed by atoms with van der Waals surface area (Å²) in [5.74, 6) is -0.530. The lowest BCUT2D eigenvalue weighted by Crippen LogP contribution is -2.41. The third-order valence-corrected chi connectivity index (χ3v) is 6.09. The molecule has 8 heteroatoms. The Labute approximate surface area is 181 Å². The van der Waals surface area contributed by atoms with Crippen molar-refractivity contribution in [2.45, 2.75) is 63.9 Å². The van der Waals surface area contributed by atoms with E-state index >= 15 is 0 Å². The summed E-state index contributed by atoms with van der Waals surface area (Å²) in [6.45, 7) is 6.98. The molecule has 3 amide bonds. The van der Waals surface area contributed by atoms with Crippen LogP contribution in [-0.4, -0.2) is 51.3 Å². The summed E-state index contributed by atoms with van der Waals surface area (Å²) in [4.78, 5) is 37.9. The molecule has 1 unspecified atom stereocenters. The molecule has 0 saturated carbocycles. The monoisotopic (exact) mass is 426 g/mol. The maximum Gasteiger partial charge on any atom is 0.410 e. The average Bonchev–Trinajstić information content (AvgIpc) is 3.03. The van der Waals surface area contributed by atoms with Crippen molar-refractivity contribution >= 4 is 28.8 Å².